The van der Waals surface area contributed by atoms with Crippen molar-refractivity contribution in [1.82, 2.24) is 20.1 Å². The molecular formula is C17H26N4O2. The maximum atomic E-state index is 12.8. The van der Waals surface area contributed by atoms with Crippen LogP contribution >= 0.6 is 0 Å². The molecule has 1 saturated heterocycles. The van der Waals surface area contributed by atoms with Gasteiger partial charge in [0.25, 0.3) is 0 Å². The van der Waals surface area contributed by atoms with E-state index in [1.807, 2.05) is 11.0 Å². The van der Waals surface area contributed by atoms with Crippen molar-refractivity contribution in [2.24, 2.45) is 5.41 Å². The molecule has 1 saturated carbocycles. The van der Waals surface area contributed by atoms with Crippen LogP contribution in [-0.2, 0) is 9.53 Å². The first kappa shape index (κ1) is 16.2. The molecule has 1 aromatic heterocycles. The average Bonchev–Trinajstić information content (AvgIpc) is 3.17. The number of carbonyl (C=O) groups is 1. The van der Waals surface area contributed by atoms with E-state index in [0.717, 1.165) is 37.9 Å². The van der Waals surface area contributed by atoms with Crippen LogP contribution in [0.2, 0.25) is 0 Å². The van der Waals surface area contributed by atoms with Gasteiger partial charge in [-0.2, -0.15) is 5.10 Å². The topological polar surface area (TPSA) is 71.1 Å². The van der Waals surface area contributed by atoms with Gasteiger partial charge >= 0.3 is 0 Å². The van der Waals surface area contributed by atoms with Crippen LogP contribution in [0.25, 0.3) is 0 Å². The molecule has 6 heteroatoms. The number of hydrogen-bond donors (Lipinski definition) is 1. The van der Waals surface area contributed by atoms with Gasteiger partial charge in [0.2, 0.25) is 5.91 Å². The van der Waals surface area contributed by atoms with Crippen LogP contribution in [0.3, 0.4) is 0 Å². The molecule has 1 amide bonds. The highest BCUT2D eigenvalue weighted by atomic mass is 16.5. The molecule has 0 spiro atoms. The van der Waals surface area contributed by atoms with E-state index in [9.17, 15) is 4.79 Å². The lowest BCUT2D eigenvalue weighted by Gasteiger charge is -2.31. The summed E-state index contributed by atoms with van der Waals surface area (Å²) in [6.07, 6.45) is 8.49. The second kappa shape index (κ2) is 6.43. The van der Waals surface area contributed by atoms with Gasteiger partial charge in [0.1, 0.15) is 12.2 Å². The number of hydrogen-bond acceptors (Lipinski definition) is 4. The zero-order valence-electron chi connectivity index (χ0n) is 14.2. The van der Waals surface area contributed by atoms with E-state index in [4.69, 9.17) is 4.74 Å². The summed E-state index contributed by atoms with van der Waals surface area (Å²) in [6, 6.07) is -0.0770. The monoisotopic (exact) mass is 318 g/mol. The fourth-order valence-electron chi connectivity index (χ4n) is 3.50. The number of aromatic amines is 1. The number of aromatic nitrogens is 3. The van der Waals surface area contributed by atoms with Gasteiger partial charge in [-0.15, -0.1) is 0 Å². The predicted molar refractivity (Wildman–Crippen MR) is 86.6 cm³/mol. The first-order valence-corrected chi connectivity index (χ1v) is 8.36. The first-order chi connectivity index (χ1) is 11.0. The fraction of sp³-hybridized carbons (Fsp3) is 0.706. The second-order valence-electron chi connectivity index (χ2n) is 7.44. The van der Waals surface area contributed by atoms with Gasteiger partial charge in [-0.05, 0) is 31.1 Å². The maximum absolute atomic E-state index is 12.8. The lowest BCUT2D eigenvalue weighted by Crippen LogP contribution is -2.31. The molecule has 2 atom stereocenters. The Labute approximate surface area is 137 Å². The molecule has 6 nitrogen and oxygen atoms in total. The third-order valence-corrected chi connectivity index (χ3v) is 5.20. The van der Waals surface area contributed by atoms with E-state index >= 15 is 0 Å². The highest BCUT2D eigenvalue weighted by molar-refractivity contribution is 5.89. The summed E-state index contributed by atoms with van der Waals surface area (Å²) in [4.78, 5) is 18.9. The van der Waals surface area contributed by atoms with Crippen molar-refractivity contribution in [3.63, 3.8) is 0 Å². The molecule has 2 aliphatic rings. The average molecular weight is 318 g/mol. The Morgan fingerprint density at radius 2 is 2.17 bits per heavy atom. The quantitative estimate of drug-likeness (QED) is 0.870. The third-order valence-electron chi connectivity index (χ3n) is 5.20. The standard InChI is InChI=1S/C17H26N4O2/c1-17(2)6-4-12(5-7-17)8-15(22)21-10-13(23-3)9-14(21)16-18-11-19-20-16/h8,11,13-14H,4-7,9-10H2,1-3H3,(H,18,19,20)/t13-,14+/m1/s1. The van der Waals surface area contributed by atoms with Crippen molar-refractivity contribution in [2.45, 2.75) is 58.1 Å². The number of rotatable bonds is 3. The predicted octanol–water partition coefficient (Wildman–Crippen LogP) is 2.62. The van der Waals surface area contributed by atoms with Gasteiger partial charge in [0, 0.05) is 26.2 Å². The molecule has 2 fully saturated rings. The second-order valence-corrected chi connectivity index (χ2v) is 7.44. The molecule has 0 aromatic carbocycles. The van der Waals surface area contributed by atoms with Gasteiger partial charge < -0.3 is 9.64 Å². The zero-order chi connectivity index (χ0) is 16.4. The largest absolute Gasteiger partial charge is 0.380 e. The smallest absolute Gasteiger partial charge is 0.247 e. The Bertz CT molecular complexity index is 567. The van der Waals surface area contributed by atoms with Crippen molar-refractivity contribution in [1.29, 1.82) is 0 Å². The number of ether oxygens (including phenoxy) is 1. The lowest BCUT2D eigenvalue weighted by atomic mass is 9.75. The van der Waals surface area contributed by atoms with Crippen molar-refractivity contribution >= 4 is 5.91 Å². The van der Waals surface area contributed by atoms with Crippen LogP contribution in [0.4, 0.5) is 0 Å². The summed E-state index contributed by atoms with van der Waals surface area (Å²) in [5, 5.41) is 6.80. The van der Waals surface area contributed by atoms with E-state index in [1.165, 1.54) is 11.9 Å². The SMILES string of the molecule is CO[C@@H]1C[C@@H](c2ncn[nH]2)N(C(=O)C=C2CCC(C)(C)CC2)C1. The van der Waals surface area contributed by atoms with E-state index < -0.39 is 0 Å². The molecule has 0 radical (unpaired) electrons. The lowest BCUT2D eigenvalue weighted by molar-refractivity contribution is -0.127. The number of nitrogens with zero attached hydrogens (tertiary/aromatic N) is 3. The molecule has 23 heavy (non-hydrogen) atoms. The maximum Gasteiger partial charge on any atom is 0.247 e. The van der Waals surface area contributed by atoms with Gasteiger partial charge in [-0.1, -0.05) is 19.4 Å². The third kappa shape index (κ3) is 3.63. The van der Waals surface area contributed by atoms with Crippen molar-refractivity contribution < 1.29 is 9.53 Å². The van der Waals surface area contributed by atoms with E-state index in [0.29, 0.717) is 12.0 Å². The van der Waals surface area contributed by atoms with E-state index in [2.05, 4.69) is 29.0 Å². The molecule has 1 aliphatic heterocycles. The van der Waals surface area contributed by atoms with Gasteiger partial charge in [-0.25, -0.2) is 4.98 Å². The summed E-state index contributed by atoms with van der Waals surface area (Å²) >= 11 is 0. The Morgan fingerprint density at radius 3 is 2.78 bits per heavy atom. The number of methoxy groups -OCH3 is 1. The van der Waals surface area contributed by atoms with Crippen molar-refractivity contribution in [3.05, 3.63) is 23.8 Å². The van der Waals surface area contributed by atoms with Crippen LogP contribution in [-0.4, -0.2) is 45.7 Å². The number of amides is 1. The summed E-state index contributed by atoms with van der Waals surface area (Å²) in [7, 11) is 1.69. The number of H-pyrrole nitrogens is 1. The van der Waals surface area contributed by atoms with Gasteiger partial charge in [0.05, 0.1) is 12.1 Å². The molecule has 2 heterocycles. The first-order valence-electron chi connectivity index (χ1n) is 8.36. The van der Waals surface area contributed by atoms with E-state index in [-0.39, 0.29) is 18.1 Å². The minimum atomic E-state index is -0.0770. The Balaban J connectivity index is 1.72. The van der Waals surface area contributed by atoms with Crippen LogP contribution < -0.4 is 0 Å². The molecule has 126 valence electrons. The van der Waals surface area contributed by atoms with Crippen LogP contribution in [0.1, 0.15) is 57.8 Å². The normalized spacial score (nSPS) is 27.3. The summed E-state index contributed by atoms with van der Waals surface area (Å²) in [5.41, 5.74) is 1.67. The number of carbonyl (C=O) groups excluding carboxylic acids is 1. The minimum Gasteiger partial charge on any atom is -0.380 e. The van der Waals surface area contributed by atoms with Crippen LogP contribution in [0.15, 0.2) is 18.0 Å². The molecule has 1 aromatic rings. The number of allylic oxidation sites excluding steroid dienone is 1. The zero-order valence-corrected chi connectivity index (χ0v) is 14.2. The fourth-order valence-corrected chi connectivity index (χ4v) is 3.50. The Morgan fingerprint density at radius 1 is 1.43 bits per heavy atom. The molecule has 0 unspecified atom stereocenters. The van der Waals surface area contributed by atoms with Gasteiger partial charge in [-0.3, -0.25) is 9.89 Å². The molecule has 1 N–H and O–H groups in total. The molecule has 0 bridgehead atoms. The summed E-state index contributed by atoms with van der Waals surface area (Å²) in [6.45, 7) is 5.21. The summed E-state index contributed by atoms with van der Waals surface area (Å²) < 4.78 is 5.46. The minimum absolute atomic E-state index is 0.0535. The van der Waals surface area contributed by atoms with Crippen LogP contribution in [0, 0.1) is 5.41 Å². The van der Waals surface area contributed by atoms with Crippen LogP contribution in [0.5, 0.6) is 0 Å². The number of nitrogens with one attached hydrogen (secondary N) is 1. The molecular weight excluding hydrogens is 292 g/mol. The summed E-state index contributed by atoms with van der Waals surface area (Å²) in [5.74, 6) is 0.807. The van der Waals surface area contributed by atoms with Crippen molar-refractivity contribution in [3.8, 4) is 0 Å². The van der Waals surface area contributed by atoms with Gasteiger partial charge in [0.15, 0.2) is 0 Å². The highest BCUT2D eigenvalue weighted by Gasteiger charge is 2.37. The van der Waals surface area contributed by atoms with E-state index in [1.54, 1.807) is 7.11 Å². The van der Waals surface area contributed by atoms with Crippen molar-refractivity contribution in [2.75, 3.05) is 13.7 Å². The Hall–Kier alpha value is -1.69. The number of likely N-dealkylation sites (tertiary alicyclic amines) is 1. The molecule has 1 aliphatic carbocycles. The Kier molecular flexibility index (Phi) is 4.53. The highest BCUT2D eigenvalue weighted by Crippen LogP contribution is 2.38. The molecule has 3 rings (SSSR count).